The molecule has 0 spiro atoms. The maximum Gasteiger partial charge on any atom is 0.277 e. The molecule has 0 aliphatic heterocycles. The van der Waals surface area contributed by atoms with Gasteiger partial charge in [-0.05, 0) is 6.92 Å². The highest BCUT2D eigenvalue weighted by atomic mass is 16.6. The van der Waals surface area contributed by atoms with Gasteiger partial charge < -0.3 is 5.32 Å². The zero-order valence-electron chi connectivity index (χ0n) is 9.78. The molecule has 0 saturated carbocycles. The summed E-state index contributed by atoms with van der Waals surface area (Å²) in [4.78, 5) is 14.4. The van der Waals surface area contributed by atoms with E-state index in [9.17, 15) is 10.1 Å². The summed E-state index contributed by atoms with van der Waals surface area (Å²) < 4.78 is 1.66. The Morgan fingerprint density at radius 2 is 2.39 bits per heavy atom. The fourth-order valence-corrected chi connectivity index (χ4v) is 1.46. The van der Waals surface area contributed by atoms with Crippen molar-refractivity contribution in [3.8, 4) is 0 Å². The highest BCUT2D eigenvalue weighted by Gasteiger charge is 2.11. The molecular formula is C10H12N6O2. The third-order valence-corrected chi connectivity index (χ3v) is 2.39. The summed E-state index contributed by atoms with van der Waals surface area (Å²) in [7, 11) is 0. The molecule has 2 heterocycles. The Morgan fingerprint density at radius 1 is 1.56 bits per heavy atom. The summed E-state index contributed by atoms with van der Waals surface area (Å²) in [6.45, 7) is 2.84. The first kappa shape index (κ1) is 12.0. The van der Waals surface area contributed by atoms with Gasteiger partial charge in [-0.25, -0.2) is 4.98 Å². The minimum Gasteiger partial charge on any atom is -0.368 e. The first-order valence-electron chi connectivity index (χ1n) is 5.36. The second kappa shape index (κ2) is 5.21. The number of hydrogen-bond donors (Lipinski definition) is 1. The van der Waals surface area contributed by atoms with Crippen molar-refractivity contribution >= 4 is 11.5 Å². The second-order valence-corrected chi connectivity index (χ2v) is 3.71. The molecule has 0 amide bonds. The van der Waals surface area contributed by atoms with Gasteiger partial charge in [0.05, 0.1) is 23.7 Å². The van der Waals surface area contributed by atoms with Gasteiger partial charge in [0.2, 0.25) is 0 Å². The van der Waals surface area contributed by atoms with Crippen LogP contribution in [0, 0.1) is 17.0 Å². The van der Waals surface area contributed by atoms with Gasteiger partial charge >= 0.3 is 0 Å². The minimum atomic E-state index is -0.417. The molecule has 94 valence electrons. The quantitative estimate of drug-likeness (QED) is 0.626. The van der Waals surface area contributed by atoms with E-state index in [4.69, 9.17) is 0 Å². The van der Waals surface area contributed by atoms with E-state index in [1.165, 1.54) is 12.3 Å². The summed E-state index contributed by atoms with van der Waals surface area (Å²) in [6, 6.07) is 1.43. The van der Waals surface area contributed by atoms with Crippen LogP contribution in [-0.2, 0) is 6.54 Å². The van der Waals surface area contributed by atoms with E-state index in [1.807, 2.05) is 0 Å². The van der Waals surface area contributed by atoms with Crippen LogP contribution in [-0.4, -0.2) is 31.4 Å². The predicted octanol–water partition coefficient (Wildman–Crippen LogP) is 1.00. The maximum atomic E-state index is 10.8. The number of rotatable bonds is 5. The van der Waals surface area contributed by atoms with Crippen LogP contribution < -0.4 is 5.32 Å². The van der Waals surface area contributed by atoms with Crippen LogP contribution in [0.1, 0.15) is 5.56 Å². The Hall–Kier alpha value is -2.51. The van der Waals surface area contributed by atoms with Gasteiger partial charge in [0, 0.05) is 24.5 Å². The monoisotopic (exact) mass is 248 g/mol. The molecule has 0 bridgehead atoms. The molecule has 0 radical (unpaired) electrons. The smallest absolute Gasteiger partial charge is 0.277 e. The lowest BCUT2D eigenvalue weighted by atomic mass is 10.2. The van der Waals surface area contributed by atoms with E-state index in [0.717, 1.165) is 0 Å². The summed E-state index contributed by atoms with van der Waals surface area (Å²) in [6.07, 6.45) is 4.82. The average Bonchev–Trinajstić information content (AvgIpc) is 2.84. The first-order valence-corrected chi connectivity index (χ1v) is 5.36. The van der Waals surface area contributed by atoms with E-state index in [1.54, 1.807) is 24.0 Å². The normalized spacial score (nSPS) is 10.3. The third kappa shape index (κ3) is 2.78. The maximum absolute atomic E-state index is 10.8. The minimum absolute atomic E-state index is 0.0632. The molecule has 0 fully saturated rings. The SMILES string of the molecule is Cc1cnc(NCCn2ccnn2)cc1[N+](=O)[O-]. The molecule has 2 aromatic heterocycles. The Morgan fingerprint density at radius 3 is 3.06 bits per heavy atom. The van der Waals surface area contributed by atoms with E-state index >= 15 is 0 Å². The third-order valence-electron chi connectivity index (χ3n) is 2.39. The number of hydrogen-bond acceptors (Lipinski definition) is 6. The van der Waals surface area contributed by atoms with Gasteiger partial charge in [0.15, 0.2) is 0 Å². The molecule has 0 saturated heterocycles. The fraction of sp³-hybridized carbons (Fsp3) is 0.300. The van der Waals surface area contributed by atoms with Crippen LogP contribution in [0.5, 0.6) is 0 Å². The topological polar surface area (TPSA) is 98.8 Å². The lowest BCUT2D eigenvalue weighted by Crippen LogP contribution is -2.12. The van der Waals surface area contributed by atoms with Gasteiger partial charge in [0.1, 0.15) is 5.82 Å². The molecular weight excluding hydrogens is 236 g/mol. The molecule has 0 aromatic carbocycles. The standard InChI is InChI=1S/C10H12N6O2/c1-8-7-12-10(6-9(8)16(17)18)11-2-4-15-5-3-13-14-15/h3,5-7H,2,4H2,1H3,(H,11,12). The Labute approximate surface area is 103 Å². The van der Waals surface area contributed by atoms with Crippen LogP contribution in [0.15, 0.2) is 24.7 Å². The van der Waals surface area contributed by atoms with Gasteiger partial charge in [-0.15, -0.1) is 5.10 Å². The van der Waals surface area contributed by atoms with Crippen molar-refractivity contribution in [2.24, 2.45) is 0 Å². The number of pyridine rings is 1. The molecule has 0 aliphatic rings. The zero-order valence-corrected chi connectivity index (χ0v) is 9.78. The number of aryl methyl sites for hydroxylation is 1. The first-order chi connectivity index (χ1) is 8.66. The van der Waals surface area contributed by atoms with E-state index in [-0.39, 0.29) is 5.69 Å². The fourth-order valence-electron chi connectivity index (χ4n) is 1.46. The van der Waals surface area contributed by atoms with E-state index in [2.05, 4.69) is 20.6 Å². The van der Waals surface area contributed by atoms with Crippen LogP contribution in [0.4, 0.5) is 11.5 Å². The Balaban J connectivity index is 1.97. The molecule has 0 unspecified atom stereocenters. The van der Waals surface area contributed by atoms with Crippen LogP contribution in [0.3, 0.4) is 0 Å². The molecule has 0 aliphatic carbocycles. The van der Waals surface area contributed by atoms with E-state index < -0.39 is 4.92 Å². The summed E-state index contributed by atoms with van der Waals surface area (Å²) >= 11 is 0. The molecule has 2 aromatic rings. The summed E-state index contributed by atoms with van der Waals surface area (Å²) in [5, 5.41) is 21.2. The largest absolute Gasteiger partial charge is 0.368 e. The molecule has 8 nitrogen and oxygen atoms in total. The summed E-state index contributed by atoms with van der Waals surface area (Å²) in [5.41, 5.74) is 0.607. The predicted molar refractivity (Wildman–Crippen MR) is 64.1 cm³/mol. The average molecular weight is 248 g/mol. The Bertz CT molecular complexity index is 539. The molecule has 1 N–H and O–H groups in total. The van der Waals surface area contributed by atoms with Gasteiger partial charge in [-0.3, -0.25) is 14.8 Å². The number of anilines is 1. The van der Waals surface area contributed by atoms with Crippen molar-refractivity contribution in [1.82, 2.24) is 20.0 Å². The number of nitrogens with one attached hydrogen (secondary N) is 1. The lowest BCUT2D eigenvalue weighted by Gasteiger charge is -2.05. The molecule has 2 rings (SSSR count). The van der Waals surface area contributed by atoms with Crippen molar-refractivity contribution < 1.29 is 4.92 Å². The van der Waals surface area contributed by atoms with Crippen molar-refractivity contribution in [2.75, 3.05) is 11.9 Å². The van der Waals surface area contributed by atoms with Gasteiger partial charge in [-0.1, -0.05) is 5.21 Å². The van der Waals surface area contributed by atoms with Crippen molar-refractivity contribution in [1.29, 1.82) is 0 Å². The highest BCUT2D eigenvalue weighted by Crippen LogP contribution is 2.19. The van der Waals surface area contributed by atoms with Crippen molar-refractivity contribution in [3.05, 3.63) is 40.3 Å². The number of aromatic nitrogens is 4. The number of nitro groups is 1. The van der Waals surface area contributed by atoms with Crippen LogP contribution in [0.25, 0.3) is 0 Å². The Kier molecular flexibility index (Phi) is 3.46. The van der Waals surface area contributed by atoms with Crippen molar-refractivity contribution in [2.45, 2.75) is 13.5 Å². The molecule has 0 atom stereocenters. The molecule has 18 heavy (non-hydrogen) atoms. The zero-order chi connectivity index (χ0) is 13.0. The lowest BCUT2D eigenvalue weighted by molar-refractivity contribution is -0.385. The van der Waals surface area contributed by atoms with Gasteiger partial charge in [0.25, 0.3) is 5.69 Å². The number of nitrogens with zero attached hydrogens (tertiary/aromatic N) is 5. The summed E-state index contributed by atoms with van der Waals surface area (Å²) in [5.74, 6) is 0.479. The van der Waals surface area contributed by atoms with Gasteiger partial charge in [-0.2, -0.15) is 0 Å². The van der Waals surface area contributed by atoms with Crippen LogP contribution >= 0.6 is 0 Å². The van der Waals surface area contributed by atoms with E-state index in [0.29, 0.717) is 24.5 Å². The van der Waals surface area contributed by atoms with Crippen LogP contribution in [0.2, 0.25) is 0 Å². The second-order valence-electron chi connectivity index (χ2n) is 3.71. The highest BCUT2D eigenvalue weighted by molar-refractivity contribution is 5.48. The van der Waals surface area contributed by atoms with Crippen molar-refractivity contribution in [3.63, 3.8) is 0 Å². The molecule has 8 heteroatoms.